The van der Waals surface area contributed by atoms with Crippen molar-refractivity contribution in [2.24, 2.45) is 0 Å². The molecule has 2 aromatic rings. The molecule has 0 fully saturated rings. The van der Waals surface area contributed by atoms with Crippen molar-refractivity contribution in [1.29, 1.82) is 0 Å². The second-order valence-corrected chi connectivity index (χ2v) is 3.84. The summed E-state index contributed by atoms with van der Waals surface area (Å²) in [5.41, 5.74) is 2.02. The maximum atomic E-state index is 11.6. The summed E-state index contributed by atoms with van der Waals surface area (Å²) in [6.07, 6.45) is 5.55. The summed E-state index contributed by atoms with van der Waals surface area (Å²) < 4.78 is 3.57. The zero-order valence-corrected chi connectivity index (χ0v) is 10.1. The summed E-state index contributed by atoms with van der Waals surface area (Å²) >= 11 is 0. The SMILES string of the molecule is CCc1cc(Cn2ccncc2=O)n(CC)n1. The fourth-order valence-corrected chi connectivity index (χ4v) is 1.77. The third-order valence-corrected chi connectivity index (χ3v) is 2.71. The van der Waals surface area contributed by atoms with Gasteiger partial charge in [-0.05, 0) is 19.4 Å². The van der Waals surface area contributed by atoms with Crippen molar-refractivity contribution in [3.8, 4) is 0 Å². The van der Waals surface area contributed by atoms with Crippen molar-refractivity contribution >= 4 is 0 Å². The minimum Gasteiger partial charge on any atom is -0.307 e. The third kappa shape index (κ3) is 2.43. The van der Waals surface area contributed by atoms with Crippen LogP contribution in [0.25, 0.3) is 0 Å². The molecule has 0 aromatic carbocycles. The van der Waals surface area contributed by atoms with E-state index in [9.17, 15) is 4.79 Å². The van der Waals surface area contributed by atoms with E-state index in [4.69, 9.17) is 0 Å². The van der Waals surface area contributed by atoms with Gasteiger partial charge < -0.3 is 4.57 Å². The van der Waals surface area contributed by atoms with Gasteiger partial charge in [0.2, 0.25) is 0 Å². The fourth-order valence-electron chi connectivity index (χ4n) is 1.77. The Balaban J connectivity index is 2.32. The van der Waals surface area contributed by atoms with Gasteiger partial charge in [-0.2, -0.15) is 5.10 Å². The second-order valence-electron chi connectivity index (χ2n) is 3.84. The minimum absolute atomic E-state index is 0.0885. The molecule has 90 valence electrons. The molecule has 2 rings (SSSR count). The Hall–Kier alpha value is -1.91. The second kappa shape index (κ2) is 4.95. The van der Waals surface area contributed by atoms with Gasteiger partial charge in [0.25, 0.3) is 5.56 Å². The maximum Gasteiger partial charge on any atom is 0.269 e. The molecule has 5 nitrogen and oxygen atoms in total. The average molecular weight is 232 g/mol. The Labute approximate surface area is 99.7 Å². The average Bonchev–Trinajstić information content (AvgIpc) is 2.74. The molecular weight excluding hydrogens is 216 g/mol. The van der Waals surface area contributed by atoms with E-state index in [1.807, 2.05) is 11.6 Å². The molecule has 0 atom stereocenters. The molecule has 0 unspecified atom stereocenters. The van der Waals surface area contributed by atoms with Crippen LogP contribution in [0.1, 0.15) is 25.2 Å². The first-order chi connectivity index (χ1) is 8.24. The molecule has 0 bridgehead atoms. The van der Waals surface area contributed by atoms with Crippen molar-refractivity contribution < 1.29 is 0 Å². The molecule has 0 aliphatic carbocycles. The van der Waals surface area contributed by atoms with Crippen LogP contribution in [0, 0.1) is 0 Å². The first-order valence-corrected chi connectivity index (χ1v) is 5.80. The Bertz CT molecular complexity index is 556. The predicted molar refractivity (Wildman–Crippen MR) is 64.9 cm³/mol. The van der Waals surface area contributed by atoms with Crippen molar-refractivity contribution in [3.63, 3.8) is 0 Å². The van der Waals surface area contributed by atoms with Gasteiger partial charge in [0.15, 0.2) is 0 Å². The lowest BCUT2D eigenvalue weighted by molar-refractivity contribution is 0.588. The number of aromatic nitrogens is 4. The van der Waals surface area contributed by atoms with E-state index in [0.717, 1.165) is 24.4 Å². The quantitative estimate of drug-likeness (QED) is 0.792. The summed E-state index contributed by atoms with van der Waals surface area (Å²) in [5.74, 6) is 0. The molecule has 17 heavy (non-hydrogen) atoms. The van der Waals surface area contributed by atoms with Crippen LogP contribution in [0.2, 0.25) is 0 Å². The van der Waals surface area contributed by atoms with E-state index in [1.54, 1.807) is 17.0 Å². The Morgan fingerprint density at radius 3 is 2.82 bits per heavy atom. The molecule has 5 heteroatoms. The molecule has 2 heterocycles. The smallest absolute Gasteiger partial charge is 0.269 e. The Morgan fingerprint density at radius 2 is 2.18 bits per heavy atom. The Morgan fingerprint density at radius 1 is 1.35 bits per heavy atom. The highest BCUT2D eigenvalue weighted by Gasteiger charge is 2.06. The van der Waals surface area contributed by atoms with Gasteiger partial charge in [0.1, 0.15) is 0 Å². The Kier molecular flexibility index (Phi) is 3.37. The van der Waals surface area contributed by atoms with Crippen LogP contribution in [0.15, 0.2) is 29.5 Å². The highest BCUT2D eigenvalue weighted by molar-refractivity contribution is 5.11. The molecule has 0 spiro atoms. The standard InChI is InChI=1S/C12H16N4O/c1-3-10-7-11(16(4-2)14-10)9-15-6-5-13-8-12(15)17/h5-8H,3-4,9H2,1-2H3. The first-order valence-electron chi connectivity index (χ1n) is 5.80. The molecule has 0 aliphatic heterocycles. The van der Waals surface area contributed by atoms with Crippen LogP contribution < -0.4 is 5.56 Å². The van der Waals surface area contributed by atoms with Gasteiger partial charge in [-0.25, -0.2) is 0 Å². The summed E-state index contributed by atoms with van der Waals surface area (Å²) in [6.45, 7) is 5.48. The van der Waals surface area contributed by atoms with E-state index >= 15 is 0 Å². The third-order valence-electron chi connectivity index (χ3n) is 2.71. The van der Waals surface area contributed by atoms with Crippen LogP contribution in [-0.2, 0) is 19.5 Å². The highest BCUT2D eigenvalue weighted by Crippen LogP contribution is 2.06. The van der Waals surface area contributed by atoms with Crippen LogP contribution in [0.3, 0.4) is 0 Å². The molecule has 0 N–H and O–H groups in total. The number of hydrogen-bond acceptors (Lipinski definition) is 3. The number of hydrogen-bond donors (Lipinski definition) is 0. The molecule has 0 aliphatic rings. The number of rotatable bonds is 4. The van der Waals surface area contributed by atoms with Crippen molar-refractivity contribution in [3.05, 3.63) is 46.4 Å². The molecule has 0 saturated carbocycles. The van der Waals surface area contributed by atoms with E-state index in [-0.39, 0.29) is 5.56 Å². The summed E-state index contributed by atoms with van der Waals surface area (Å²) in [6, 6.07) is 2.05. The predicted octanol–water partition coefficient (Wildman–Crippen LogP) is 1.07. The van der Waals surface area contributed by atoms with E-state index in [2.05, 4.69) is 23.1 Å². The van der Waals surface area contributed by atoms with Crippen LogP contribution in [0.4, 0.5) is 0 Å². The summed E-state index contributed by atoms with van der Waals surface area (Å²) in [5, 5.41) is 4.46. The molecule has 0 saturated heterocycles. The van der Waals surface area contributed by atoms with Crippen LogP contribution in [-0.4, -0.2) is 19.3 Å². The van der Waals surface area contributed by atoms with Crippen molar-refractivity contribution in [1.82, 2.24) is 19.3 Å². The lowest BCUT2D eigenvalue weighted by Crippen LogP contribution is -2.21. The topological polar surface area (TPSA) is 52.7 Å². The summed E-state index contributed by atoms with van der Waals surface area (Å²) in [4.78, 5) is 15.4. The van der Waals surface area contributed by atoms with E-state index in [1.165, 1.54) is 6.20 Å². The largest absolute Gasteiger partial charge is 0.307 e. The zero-order chi connectivity index (χ0) is 12.3. The first kappa shape index (κ1) is 11.6. The lowest BCUT2D eigenvalue weighted by Gasteiger charge is -2.06. The van der Waals surface area contributed by atoms with Gasteiger partial charge in [-0.1, -0.05) is 6.92 Å². The fraction of sp³-hybridized carbons (Fsp3) is 0.417. The van der Waals surface area contributed by atoms with E-state index < -0.39 is 0 Å². The monoisotopic (exact) mass is 232 g/mol. The van der Waals surface area contributed by atoms with E-state index in [0.29, 0.717) is 6.54 Å². The van der Waals surface area contributed by atoms with Crippen molar-refractivity contribution in [2.45, 2.75) is 33.4 Å². The maximum absolute atomic E-state index is 11.6. The van der Waals surface area contributed by atoms with Crippen molar-refractivity contribution in [2.75, 3.05) is 0 Å². The van der Waals surface area contributed by atoms with Gasteiger partial charge in [-0.15, -0.1) is 0 Å². The van der Waals surface area contributed by atoms with Crippen LogP contribution in [0.5, 0.6) is 0 Å². The molecular formula is C12H16N4O. The van der Waals surface area contributed by atoms with Gasteiger partial charge in [0, 0.05) is 18.9 Å². The van der Waals surface area contributed by atoms with Crippen LogP contribution >= 0.6 is 0 Å². The molecule has 0 radical (unpaired) electrons. The highest BCUT2D eigenvalue weighted by atomic mass is 16.1. The van der Waals surface area contributed by atoms with Gasteiger partial charge >= 0.3 is 0 Å². The molecule has 0 amide bonds. The molecule has 2 aromatic heterocycles. The number of aryl methyl sites for hydroxylation is 2. The zero-order valence-electron chi connectivity index (χ0n) is 10.1. The normalized spacial score (nSPS) is 10.7. The lowest BCUT2D eigenvalue weighted by atomic mass is 10.3. The van der Waals surface area contributed by atoms with Gasteiger partial charge in [-0.3, -0.25) is 14.5 Å². The van der Waals surface area contributed by atoms with Gasteiger partial charge in [0.05, 0.1) is 24.1 Å². The minimum atomic E-state index is -0.0885. The number of nitrogens with zero attached hydrogens (tertiary/aromatic N) is 4. The summed E-state index contributed by atoms with van der Waals surface area (Å²) in [7, 11) is 0.